The van der Waals surface area contributed by atoms with E-state index in [1.807, 2.05) is 30.4 Å². The Kier molecular flexibility index (Phi) is 3.89. The molecule has 1 aromatic carbocycles. The third-order valence-electron chi connectivity index (χ3n) is 2.96. The fourth-order valence-electron chi connectivity index (χ4n) is 2.22. The van der Waals surface area contributed by atoms with E-state index >= 15 is 0 Å². The minimum atomic E-state index is -0.0478. The first-order valence-electron chi connectivity index (χ1n) is 6.71. The van der Waals surface area contributed by atoms with Crippen LogP contribution >= 0.6 is 0 Å². The molecule has 0 saturated carbocycles. The second-order valence-electron chi connectivity index (χ2n) is 5.96. The Morgan fingerprint density at radius 2 is 1.89 bits per heavy atom. The number of nitrogens with one attached hydrogen (secondary N) is 1. The van der Waals surface area contributed by atoms with Gasteiger partial charge in [-0.15, -0.1) is 0 Å². The van der Waals surface area contributed by atoms with Crippen molar-refractivity contribution in [1.29, 1.82) is 0 Å². The van der Waals surface area contributed by atoms with Gasteiger partial charge < -0.3 is 5.32 Å². The molecule has 0 bridgehead atoms. The number of allylic oxidation sites excluding steroid dienone is 4. The van der Waals surface area contributed by atoms with E-state index in [0.717, 1.165) is 17.7 Å². The van der Waals surface area contributed by atoms with E-state index in [-0.39, 0.29) is 11.3 Å². The molecule has 2 rings (SSSR count). The molecule has 1 aromatic rings. The molecule has 19 heavy (non-hydrogen) atoms. The molecule has 0 aliphatic heterocycles. The zero-order valence-corrected chi connectivity index (χ0v) is 11.9. The van der Waals surface area contributed by atoms with Crippen molar-refractivity contribution in [2.75, 3.05) is 0 Å². The molecule has 0 fully saturated rings. The van der Waals surface area contributed by atoms with E-state index in [4.69, 9.17) is 0 Å². The van der Waals surface area contributed by atoms with Gasteiger partial charge in [-0.2, -0.15) is 0 Å². The predicted octanol–water partition coefficient (Wildman–Crippen LogP) is 3.40. The molecule has 0 unspecified atom stereocenters. The van der Waals surface area contributed by atoms with Crippen LogP contribution < -0.4 is 5.32 Å². The van der Waals surface area contributed by atoms with Crippen LogP contribution in [-0.2, 0) is 11.2 Å². The third-order valence-corrected chi connectivity index (χ3v) is 2.96. The predicted molar refractivity (Wildman–Crippen MR) is 78.8 cm³/mol. The topological polar surface area (TPSA) is 29.1 Å². The van der Waals surface area contributed by atoms with Gasteiger partial charge in [-0.05, 0) is 26.3 Å². The van der Waals surface area contributed by atoms with Gasteiger partial charge in [0.05, 0.1) is 0 Å². The summed E-state index contributed by atoms with van der Waals surface area (Å²) in [6.07, 6.45) is 5.18. The number of Topliss-reactive ketones (excluding diaryl/α,β-unsaturated/α-hetero) is 1. The van der Waals surface area contributed by atoms with Crippen molar-refractivity contribution < 1.29 is 4.79 Å². The molecule has 0 heterocycles. The van der Waals surface area contributed by atoms with Crippen molar-refractivity contribution in [3.8, 4) is 0 Å². The average Bonchev–Trinajstić information content (AvgIpc) is 2.74. The smallest absolute Gasteiger partial charge is 0.168 e. The maximum absolute atomic E-state index is 11.9. The zero-order valence-electron chi connectivity index (χ0n) is 11.9. The molecule has 2 heteroatoms. The summed E-state index contributed by atoms with van der Waals surface area (Å²) < 4.78 is 0. The molecule has 0 amide bonds. The Morgan fingerprint density at radius 3 is 2.42 bits per heavy atom. The Morgan fingerprint density at radius 1 is 1.21 bits per heavy atom. The highest BCUT2D eigenvalue weighted by Gasteiger charge is 2.20. The molecular weight excluding hydrogens is 234 g/mol. The lowest BCUT2D eigenvalue weighted by atomic mass is 10.0. The molecule has 100 valence electrons. The summed E-state index contributed by atoms with van der Waals surface area (Å²) in [6, 6.07) is 10.2. The highest BCUT2D eigenvalue weighted by atomic mass is 16.1. The highest BCUT2D eigenvalue weighted by molar-refractivity contribution is 6.02. The summed E-state index contributed by atoms with van der Waals surface area (Å²) >= 11 is 0. The van der Waals surface area contributed by atoms with Gasteiger partial charge in [-0.25, -0.2) is 0 Å². The lowest BCUT2D eigenvalue weighted by Gasteiger charge is -2.25. The standard InChI is InChI=1S/C17H21NO/c1-17(2,3)18-15(14-10-7-11-16(14)19)12-13-8-5-4-6-9-13/h4-10,18H,11-12H2,1-3H3/b15-14-. The van der Waals surface area contributed by atoms with Crippen molar-refractivity contribution in [2.45, 2.75) is 39.2 Å². The summed E-state index contributed by atoms with van der Waals surface area (Å²) in [5, 5.41) is 3.48. The fraction of sp³-hybridized carbons (Fsp3) is 0.353. The van der Waals surface area contributed by atoms with Crippen LogP contribution in [0.4, 0.5) is 0 Å². The number of rotatable bonds is 3. The number of ketones is 1. The second kappa shape index (κ2) is 5.43. The zero-order chi connectivity index (χ0) is 13.9. The summed E-state index contributed by atoms with van der Waals surface area (Å²) in [4.78, 5) is 11.9. The SMILES string of the molecule is CC(C)(C)N/C(Cc1ccccc1)=C1/C=CCC1=O. The maximum Gasteiger partial charge on any atom is 0.168 e. The monoisotopic (exact) mass is 255 g/mol. The lowest BCUT2D eigenvalue weighted by molar-refractivity contribution is -0.114. The normalized spacial score (nSPS) is 17.7. The first-order chi connectivity index (χ1) is 8.96. The summed E-state index contributed by atoms with van der Waals surface area (Å²) in [6.45, 7) is 6.34. The summed E-state index contributed by atoms with van der Waals surface area (Å²) in [5.74, 6) is 0.211. The summed E-state index contributed by atoms with van der Waals surface area (Å²) in [7, 11) is 0. The molecule has 1 aliphatic carbocycles. The minimum absolute atomic E-state index is 0.0478. The van der Waals surface area contributed by atoms with E-state index in [9.17, 15) is 4.79 Å². The van der Waals surface area contributed by atoms with Crippen LogP contribution in [-0.4, -0.2) is 11.3 Å². The fourth-order valence-corrected chi connectivity index (χ4v) is 2.22. The van der Waals surface area contributed by atoms with Gasteiger partial charge in [0.2, 0.25) is 0 Å². The minimum Gasteiger partial charge on any atom is -0.383 e. The first kappa shape index (κ1) is 13.6. The Hall–Kier alpha value is -1.83. The van der Waals surface area contributed by atoms with Crippen LogP contribution in [0, 0.1) is 0 Å². The van der Waals surface area contributed by atoms with Crippen LogP contribution in [0.15, 0.2) is 53.8 Å². The van der Waals surface area contributed by atoms with Crippen molar-refractivity contribution in [2.24, 2.45) is 0 Å². The van der Waals surface area contributed by atoms with Gasteiger partial charge in [-0.1, -0.05) is 42.5 Å². The van der Waals surface area contributed by atoms with E-state index < -0.39 is 0 Å². The number of hydrogen-bond donors (Lipinski definition) is 1. The van der Waals surface area contributed by atoms with E-state index in [1.165, 1.54) is 5.56 Å². The number of hydrogen-bond acceptors (Lipinski definition) is 2. The number of carbonyl (C=O) groups is 1. The Balaban J connectivity index is 2.30. The number of benzene rings is 1. The first-order valence-corrected chi connectivity index (χ1v) is 6.71. The van der Waals surface area contributed by atoms with E-state index in [0.29, 0.717) is 6.42 Å². The largest absolute Gasteiger partial charge is 0.383 e. The van der Waals surface area contributed by atoms with Crippen molar-refractivity contribution in [1.82, 2.24) is 5.32 Å². The number of carbonyl (C=O) groups excluding carboxylic acids is 1. The molecule has 2 nitrogen and oxygen atoms in total. The molecular formula is C17H21NO. The van der Waals surface area contributed by atoms with Gasteiger partial charge in [-0.3, -0.25) is 4.79 Å². The van der Waals surface area contributed by atoms with Gasteiger partial charge >= 0.3 is 0 Å². The molecule has 1 aliphatic rings. The van der Waals surface area contributed by atoms with Crippen LogP contribution in [0.3, 0.4) is 0 Å². The Bertz CT molecular complexity index is 518. The van der Waals surface area contributed by atoms with E-state index in [1.54, 1.807) is 0 Å². The average molecular weight is 255 g/mol. The van der Waals surface area contributed by atoms with Crippen molar-refractivity contribution in [3.63, 3.8) is 0 Å². The molecule has 0 radical (unpaired) electrons. The maximum atomic E-state index is 11.9. The van der Waals surface area contributed by atoms with Crippen LogP contribution in [0.25, 0.3) is 0 Å². The molecule has 0 aromatic heterocycles. The van der Waals surface area contributed by atoms with Crippen LogP contribution in [0.5, 0.6) is 0 Å². The molecule has 0 spiro atoms. The van der Waals surface area contributed by atoms with Gasteiger partial charge in [0, 0.05) is 29.7 Å². The highest BCUT2D eigenvalue weighted by Crippen LogP contribution is 2.20. The van der Waals surface area contributed by atoms with Gasteiger partial charge in [0.15, 0.2) is 5.78 Å². The van der Waals surface area contributed by atoms with Gasteiger partial charge in [0.25, 0.3) is 0 Å². The van der Waals surface area contributed by atoms with Crippen LogP contribution in [0.2, 0.25) is 0 Å². The molecule has 0 atom stereocenters. The van der Waals surface area contributed by atoms with E-state index in [2.05, 4.69) is 38.2 Å². The van der Waals surface area contributed by atoms with Gasteiger partial charge in [0.1, 0.15) is 0 Å². The lowest BCUT2D eigenvalue weighted by Crippen LogP contribution is -2.36. The molecule has 0 saturated heterocycles. The quantitative estimate of drug-likeness (QED) is 0.839. The second-order valence-corrected chi connectivity index (χ2v) is 5.96. The summed E-state index contributed by atoms with van der Waals surface area (Å²) in [5.41, 5.74) is 3.03. The molecule has 1 N–H and O–H groups in total. The van der Waals surface area contributed by atoms with Crippen molar-refractivity contribution in [3.05, 3.63) is 59.3 Å². The van der Waals surface area contributed by atoms with Crippen molar-refractivity contribution >= 4 is 5.78 Å². The third kappa shape index (κ3) is 3.82. The Labute approximate surface area is 115 Å². The van der Waals surface area contributed by atoms with Crippen LogP contribution in [0.1, 0.15) is 32.8 Å².